The standard InChI is InChI=1S/C26H30N4O3S/c1-2-29-14-10-20-17-22(7-8-25(20)29)34(32,33)30-15-11-19(12-16-30)26(31)27-13-9-21-18-28-24-6-4-3-5-23(21)24/h3-8,10,14,17-19,28H,2,9,11-13,15-16H2,1H3,(H,27,31). The van der Waals surface area contributed by atoms with Crippen molar-refractivity contribution in [2.75, 3.05) is 19.6 Å². The van der Waals surface area contributed by atoms with Gasteiger partial charge in [0.2, 0.25) is 15.9 Å². The number of hydrogen-bond donors (Lipinski definition) is 2. The molecule has 2 N–H and O–H groups in total. The van der Waals surface area contributed by atoms with Gasteiger partial charge in [-0.2, -0.15) is 4.31 Å². The van der Waals surface area contributed by atoms with E-state index in [1.807, 2.05) is 42.7 Å². The number of aromatic nitrogens is 2. The lowest BCUT2D eigenvalue weighted by atomic mass is 9.97. The van der Waals surface area contributed by atoms with Crippen LogP contribution >= 0.6 is 0 Å². The lowest BCUT2D eigenvalue weighted by Gasteiger charge is -2.30. The highest BCUT2D eigenvalue weighted by Gasteiger charge is 2.32. The van der Waals surface area contributed by atoms with Crippen LogP contribution in [0.4, 0.5) is 0 Å². The molecule has 178 valence electrons. The summed E-state index contributed by atoms with van der Waals surface area (Å²) in [5, 5.41) is 5.15. The molecule has 1 amide bonds. The van der Waals surface area contributed by atoms with E-state index < -0.39 is 10.0 Å². The van der Waals surface area contributed by atoms with Crippen molar-refractivity contribution >= 4 is 37.7 Å². The van der Waals surface area contributed by atoms with E-state index in [9.17, 15) is 13.2 Å². The number of carbonyl (C=O) groups excluding carboxylic acids is 1. The highest BCUT2D eigenvalue weighted by atomic mass is 32.2. The Hall–Kier alpha value is -3.10. The predicted octanol–water partition coefficient (Wildman–Crippen LogP) is 3.90. The molecule has 0 unspecified atom stereocenters. The van der Waals surface area contributed by atoms with Gasteiger partial charge in [-0.3, -0.25) is 4.79 Å². The van der Waals surface area contributed by atoms with E-state index in [1.165, 1.54) is 15.3 Å². The Labute approximate surface area is 199 Å². The molecule has 0 bridgehead atoms. The second kappa shape index (κ2) is 9.27. The fourth-order valence-corrected chi connectivity index (χ4v) is 6.43. The number of para-hydroxylation sites is 1. The number of rotatable bonds is 7. The second-order valence-electron chi connectivity index (χ2n) is 8.90. The second-order valence-corrected chi connectivity index (χ2v) is 10.8. The van der Waals surface area contributed by atoms with Crippen LogP contribution in [0.5, 0.6) is 0 Å². The van der Waals surface area contributed by atoms with Gasteiger partial charge in [-0.05, 0) is 62.1 Å². The zero-order valence-corrected chi connectivity index (χ0v) is 20.1. The first-order valence-electron chi connectivity index (χ1n) is 11.9. The number of nitrogens with zero attached hydrogens (tertiary/aromatic N) is 2. The third-order valence-corrected chi connectivity index (χ3v) is 8.81. The van der Waals surface area contributed by atoms with E-state index in [0.717, 1.165) is 29.4 Å². The largest absolute Gasteiger partial charge is 0.361 e. The third-order valence-electron chi connectivity index (χ3n) is 6.91. The fraction of sp³-hybridized carbons (Fsp3) is 0.346. The Morgan fingerprint density at radius 3 is 2.71 bits per heavy atom. The van der Waals surface area contributed by atoms with Gasteiger partial charge in [-0.15, -0.1) is 0 Å². The van der Waals surface area contributed by atoms with Gasteiger partial charge in [-0.1, -0.05) is 18.2 Å². The van der Waals surface area contributed by atoms with E-state index in [-0.39, 0.29) is 11.8 Å². The number of hydrogen-bond acceptors (Lipinski definition) is 3. The topological polar surface area (TPSA) is 87.2 Å². The minimum Gasteiger partial charge on any atom is -0.361 e. The number of aryl methyl sites for hydroxylation is 1. The van der Waals surface area contributed by atoms with Crippen LogP contribution in [0, 0.1) is 5.92 Å². The number of piperidine rings is 1. The summed E-state index contributed by atoms with van der Waals surface area (Å²) in [7, 11) is -3.58. The zero-order chi connectivity index (χ0) is 23.7. The van der Waals surface area contributed by atoms with E-state index in [1.54, 1.807) is 12.1 Å². The Bertz CT molecular complexity index is 1430. The van der Waals surface area contributed by atoms with Crippen LogP contribution in [0.2, 0.25) is 0 Å². The summed E-state index contributed by atoms with van der Waals surface area (Å²) < 4.78 is 30.0. The Balaban J connectivity index is 1.16. The number of amides is 1. The van der Waals surface area contributed by atoms with E-state index in [4.69, 9.17) is 0 Å². The van der Waals surface area contributed by atoms with Gasteiger partial charge in [0, 0.05) is 66.3 Å². The number of aromatic amines is 1. The van der Waals surface area contributed by atoms with Crippen LogP contribution in [-0.2, 0) is 27.8 Å². The van der Waals surface area contributed by atoms with Crippen molar-refractivity contribution in [3.8, 4) is 0 Å². The zero-order valence-electron chi connectivity index (χ0n) is 19.3. The molecular formula is C26H30N4O3S. The summed E-state index contributed by atoms with van der Waals surface area (Å²) in [4.78, 5) is 16.3. The maximum Gasteiger partial charge on any atom is 0.243 e. The Kier molecular flexibility index (Phi) is 6.18. The van der Waals surface area contributed by atoms with Crippen molar-refractivity contribution in [2.24, 2.45) is 5.92 Å². The summed E-state index contributed by atoms with van der Waals surface area (Å²) >= 11 is 0. The quantitative estimate of drug-likeness (QED) is 0.422. The molecule has 0 saturated carbocycles. The molecule has 7 nitrogen and oxygen atoms in total. The van der Waals surface area contributed by atoms with Crippen LogP contribution < -0.4 is 5.32 Å². The lowest BCUT2D eigenvalue weighted by Crippen LogP contribution is -2.43. The van der Waals surface area contributed by atoms with Crippen LogP contribution in [0.25, 0.3) is 21.8 Å². The predicted molar refractivity (Wildman–Crippen MR) is 134 cm³/mol. The molecule has 1 aliphatic heterocycles. The molecule has 1 aliphatic rings. The van der Waals surface area contributed by atoms with Crippen LogP contribution in [0.1, 0.15) is 25.3 Å². The lowest BCUT2D eigenvalue weighted by molar-refractivity contribution is -0.126. The number of H-pyrrole nitrogens is 1. The van der Waals surface area contributed by atoms with Crippen LogP contribution in [-0.4, -0.2) is 47.8 Å². The van der Waals surface area contributed by atoms with Gasteiger partial charge in [0.15, 0.2) is 0 Å². The molecule has 3 heterocycles. The first-order chi connectivity index (χ1) is 16.5. The monoisotopic (exact) mass is 478 g/mol. The molecule has 8 heteroatoms. The molecule has 0 spiro atoms. The molecule has 0 aliphatic carbocycles. The van der Waals surface area contributed by atoms with Crippen LogP contribution in [0.15, 0.2) is 65.8 Å². The van der Waals surface area contributed by atoms with Gasteiger partial charge >= 0.3 is 0 Å². The number of carbonyl (C=O) groups is 1. The number of sulfonamides is 1. The summed E-state index contributed by atoms with van der Waals surface area (Å²) in [6, 6.07) is 15.4. The van der Waals surface area contributed by atoms with Gasteiger partial charge < -0.3 is 14.9 Å². The molecule has 2 aromatic heterocycles. The average Bonchev–Trinajstić information content (AvgIpc) is 3.47. The normalized spacial score (nSPS) is 15.8. The smallest absolute Gasteiger partial charge is 0.243 e. The van der Waals surface area contributed by atoms with Gasteiger partial charge in [0.05, 0.1) is 4.90 Å². The Morgan fingerprint density at radius 2 is 1.91 bits per heavy atom. The summed E-state index contributed by atoms with van der Waals surface area (Å²) in [6.45, 7) is 4.18. The molecule has 0 atom stereocenters. The van der Waals surface area contributed by atoms with Crippen molar-refractivity contribution < 1.29 is 13.2 Å². The van der Waals surface area contributed by atoms with Gasteiger partial charge in [-0.25, -0.2) is 8.42 Å². The fourth-order valence-electron chi connectivity index (χ4n) is 4.93. The first kappa shape index (κ1) is 22.7. The minimum atomic E-state index is -3.58. The highest BCUT2D eigenvalue weighted by Crippen LogP contribution is 2.27. The van der Waals surface area contributed by atoms with Crippen molar-refractivity contribution in [1.29, 1.82) is 0 Å². The number of benzene rings is 2. The first-order valence-corrected chi connectivity index (χ1v) is 13.3. The van der Waals surface area contributed by atoms with E-state index >= 15 is 0 Å². The summed E-state index contributed by atoms with van der Waals surface area (Å²) in [5.41, 5.74) is 3.31. The number of nitrogens with one attached hydrogen (secondary N) is 2. The van der Waals surface area contributed by atoms with Crippen molar-refractivity contribution in [1.82, 2.24) is 19.2 Å². The molecule has 5 rings (SSSR count). The summed E-state index contributed by atoms with van der Waals surface area (Å²) in [5.74, 6) is -0.144. The molecule has 1 fully saturated rings. The summed E-state index contributed by atoms with van der Waals surface area (Å²) in [6.07, 6.45) is 5.79. The Morgan fingerprint density at radius 1 is 1.12 bits per heavy atom. The van der Waals surface area contributed by atoms with Gasteiger partial charge in [0.1, 0.15) is 0 Å². The average molecular weight is 479 g/mol. The molecular weight excluding hydrogens is 448 g/mol. The molecule has 2 aromatic carbocycles. The van der Waals surface area contributed by atoms with E-state index in [0.29, 0.717) is 37.4 Å². The molecule has 0 radical (unpaired) electrons. The van der Waals surface area contributed by atoms with Crippen molar-refractivity contribution in [2.45, 2.75) is 37.6 Å². The van der Waals surface area contributed by atoms with Crippen LogP contribution in [0.3, 0.4) is 0 Å². The SMILES string of the molecule is CCn1ccc2cc(S(=O)(=O)N3CCC(C(=O)NCCc4c[nH]c5ccccc45)CC3)ccc21. The van der Waals surface area contributed by atoms with Crippen molar-refractivity contribution in [3.63, 3.8) is 0 Å². The maximum atomic E-state index is 13.2. The molecule has 4 aromatic rings. The maximum absolute atomic E-state index is 13.2. The molecule has 34 heavy (non-hydrogen) atoms. The van der Waals surface area contributed by atoms with Gasteiger partial charge in [0.25, 0.3) is 0 Å². The van der Waals surface area contributed by atoms with Crippen molar-refractivity contribution in [3.05, 3.63) is 66.5 Å². The number of fused-ring (bicyclic) bond motifs is 2. The third kappa shape index (κ3) is 4.23. The molecule has 1 saturated heterocycles. The van der Waals surface area contributed by atoms with E-state index in [2.05, 4.69) is 27.9 Å². The minimum absolute atomic E-state index is 0.0132. The highest BCUT2D eigenvalue weighted by molar-refractivity contribution is 7.89.